The van der Waals surface area contributed by atoms with Gasteiger partial charge in [-0.25, -0.2) is 0 Å². The summed E-state index contributed by atoms with van der Waals surface area (Å²) in [7, 11) is 0. The van der Waals surface area contributed by atoms with Crippen LogP contribution in [0.3, 0.4) is 0 Å². The SMILES string of the molecule is C=C1CCC(c2cccc(C(C)C)c2)C(=C)N1. The van der Waals surface area contributed by atoms with Crippen molar-refractivity contribution in [3.8, 4) is 0 Å². The summed E-state index contributed by atoms with van der Waals surface area (Å²) in [6.45, 7) is 12.6. The van der Waals surface area contributed by atoms with E-state index in [9.17, 15) is 0 Å². The second kappa shape index (κ2) is 4.79. The topological polar surface area (TPSA) is 12.0 Å². The molecular formula is C16H21N. The van der Waals surface area contributed by atoms with Crippen LogP contribution in [-0.4, -0.2) is 0 Å². The normalized spacial score (nSPS) is 20.5. The van der Waals surface area contributed by atoms with Crippen LogP contribution in [0.4, 0.5) is 0 Å². The first-order valence-electron chi connectivity index (χ1n) is 6.31. The summed E-state index contributed by atoms with van der Waals surface area (Å²) in [4.78, 5) is 0. The molecule has 1 aliphatic rings. The average molecular weight is 227 g/mol. The molecule has 0 spiro atoms. The fraction of sp³-hybridized carbons (Fsp3) is 0.375. The van der Waals surface area contributed by atoms with E-state index in [4.69, 9.17) is 0 Å². The van der Waals surface area contributed by atoms with Crippen molar-refractivity contribution in [3.05, 3.63) is 59.9 Å². The lowest BCUT2D eigenvalue weighted by Crippen LogP contribution is -2.23. The maximum atomic E-state index is 4.12. The number of hydrogen-bond acceptors (Lipinski definition) is 1. The predicted molar refractivity (Wildman–Crippen MR) is 73.9 cm³/mol. The molecule has 0 amide bonds. The number of piperidine rings is 1. The quantitative estimate of drug-likeness (QED) is 0.794. The van der Waals surface area contributed by atoms with Gasteiger partial charge in [0.2, 0.25) is 0 Å². The number of allylic oxidation sites excluding steroid dienone is 2. The molecule has 2 rings (SSSR count). The third-order valence-corrected chi connectivity index (χ3v) is 3.47. The zero-order valence-corrected chi connectivity index (χ0v) is 10.8. The van der Waals surface area contributed by atoms with Crippen LogP contribution in [0.5, 0.6) is 0 Å². The van der Waals surface area contributed by atoms with Crippen LogP contribution in [0, 0.1) is 0 Å². The molecule has 1 heterocycles. The fourth-order valence-electron chi connectivity index (χ4n) is 2.37. The minimum atomic E-state index is 0.430. The van der Waals surface area contributed by atoms with Crippen molar-refractivity contribution in [1.29, 1.82) is 0 Å². The zero-order chi connectivity index (χ0) is 12.4. The Labute approximate surface area is 104 Å². The van der Waals surface area contributed by atoms with Gasteiger partial charge in [-0.2, -0.15) is 0 Å². The molecule has 0 aliphatic carbocycles. The Balaban J connectivity index is 2.25. The lowest BCUT2D eigenvalue weighted by atomic mass is 9.86. The third-order valence-electron chi connectivity index (χ3n) is 3.47. The molecule has 1 aromatic rings. The van der Waals surface area contributed by atoms with Crippen molar-refractivity contribution in [2.24, 2.45) is 0 Å². The predicted octanol–water partition coefficient (Wildman–Crippen LogP) is 4.30. The number of benzene rings is 1. The number of hydrogen-bond donors (Lipinski definition) is 1. The molecule has 1 atom stereocenters. The van der Waals surface area contributed by atoms with Gasteiger partial charge in [0.15, 0.2) is 0 Å². The minimum Gasteiger partial charge on any atom is -0.363 e. The van der Waals surface area contributed by atoms with Gasteiger partial charge in [0, 0.05) is 17.3 Å². The van der Waals surface area contributed by atoms with Crippen LogP contribution in [0.2, 0.25) is 0 Å². The van der Waals surface area contributed by atoms with Gasteiger partial charge >= 0.3 is 0 Å². The lowest BCUT2D eigenvalue weighted by Gasteiger charge is -2.28. The van der Waals surface area contributed by atoms with Gasteiger partial charge in [-0.1, -0.05) is 51.3 Å². The van der Waals surface area contributed by atoms with Crippen LogP contribution in [0.25, 0.3) is 0 Å². The second-order valence-corrected chi connectivity index (χ2v) is 5.17. The smallest absolute Gasteiger partial charge is 0.0238 e. The monoisotopic (exact) mass is 227 g/mol. The highest BCUT2D eigenvalue weighted by atomic mass is 14.9. The van der Waals surface area contributed by atoms with Gasteiger partial charge in [0.1, 0.15) is 0 Å². The molecule has 1 aliphatic heterocycles. The van der Waals surface area contributed by atoms with Gasteiger partial charge in [-0.15, -0.1) is 0 Å². The van der Waals surface area contributed by atoms with Crippen molar-refractivity contribution in [3.63, 3.8) is 0 Å². The van der Waals surface area contributed by atoms with Crippen molar-refractivity contribution >= 4 is 0 Å². The van der Waals surface area contributed by atoms with E-state index in [1.54, 1.807) is 0 Å². The summed E-state index contributed by atoms with van der Waals surface area (Å²) < 4.78 is 0. The van der Waals surface area contributed by atoms with E-state index >= 15 is 0 Å². The Bertz CT molecular complexity index is 443. The zero-order valence-electron chi connectivity index (χ0n) is 10.8. The molecule has 17 heavy (non-hydrogen) atoms. The Morgan fingerprint density at radius 3 is 2.71 bits per heavy atom. The van der Waals surface area contributed by atoms with E-state index in [-0.39, 0.29) is 0 Å². The van der Waals surface area contributed by atoms with Gasteiger partial charge < -0.3 is 5.32 Å². The van der Waals surface area contributed by atoms with Gasteiger partial charge in [-0.3, -0.25) is 0 Å². The molecule has 1 saturated heterocycles. The minimum absolute atomic E-state index is 0.430. The van der Waals surface area contributed by atoms with Crippen LogP contribution in [0.15, 0.2) is 48.8 Å². The lowest BCUT2D eigenvalue weighted by molar-refractivity contribution is 0.592. The molecule has 1 unspecified atom stereocenters. The van der Waals surface area contributed by atoms with Crippen molar-refractivity contribution in [1.82, 2.24) is 5.32 Å². The summed E-state index contributed by atoms with van der Waals surface area (Å²) in [6.07, 6.45) is 2.15. The van der Waals surface area contributed by atoms with E-state index in [1.807, 2.05) is 0 Å². The molecule has 0 radical (unpaired) electrons. The molecule has 0 bridgehead atoms. The van der Waals surface area contributed by atoms with Crippen LogP contribution >= 0.6 is 0 Å². The molecule has 1 fully saturated rings. The van der Waals surface area contributed by atoms with E-state index in [2.05, 4.69) is 56.6 Å². The molecule has 1 heteroatoms. The molecule has 1 nitrogen and oxygen atoms in total. The number of rotatable bonds is 2. The summed E-state index contributed by atoms with van der Waals surface area (Å²) in [5.74, 6) is 1.01. The Morgan fingerprint density at radius 1 is 1.29 bits per heavy atom. The Morgan fingerprint density at radius 2 is 2.06 bits per heavy atom. The summed E-state index contributed by atoms with van der Waals surface area (Å²) >= 11 is 0. The fourth-order valence-corrected chi connectivity index (χ4v) is 2.37. The molecule has 90 valence electrons. The second-order valence-electron chi connectivity index (χ2n) is 5.17. The average Bonchev–Trinajstić information content (AvgIpc) is 2.29. The summed E-state index contributed by atoms with van der Waals surface area (Å²) in [5, 5.41) is 3.29. The first-order chi connectivity index (χ1) is 8.08. The maximum absolute atomic E-state index is 4.12. The van der Waals surface area contributed by atoms with Gasteiger partial charge in [-0.05, 0) is 29.9 Å². The van der Waals surface area contributed by atoms with E-state index in [0.29, 0.717) is 11.8 Å². The molecule has 0 aromatic heterocycles. The molecule has 1 N–H and O–H groups in total. The van der Waals surface area contributed by atoms with Crippen molar-refractivity contribution < 1.29 is 0 Å². The first-order valence-corrected chi connectivity index (χ1v) is 6.31. The highest BCUT2D eigenvalue weighted by molar-refractivity contribution is 5.34. The van der Waals surface area contributed by atoms with Crippen molar-refractivity contribution in [2.45, 2.75) is 38.5 Å². The first kappa shape index (κ1) is 12.0. The van der Waals surface area contributed by atoms with Gasteiger partial charge in [0.05, 0.1) is 0 Å². The van der Waals surface area contributed by atoms with E-state index in [0.717, 1.165) is 24.2 Å². The number of nitrogens with one attached hydrogen (secondary N) is 1. The Kier molecular flexibility index (Phi) is 3.37. The van der Waals surface area contributed by atoms with Crippen LogP contribution in [-0.2, 0) is 0 Å². The highest BCUT2D eigenvalue weighted by Gasteiger charge is 2.20. The van der Waals surface area contributed by atoms with Crippen molar-refractivity contribution in [2.75, 3.05) is 0 Å². The van der Waals surface area contributed by atoms with E-state index < -0.39 is 0 Å². The van der Waals surface area contributed by atoms with Gasteiger partial charge in [0.25, 0.3) is 0 Å². The molecular weight excluding hydrogens is 206 g/mol. The largest absolute Gasteiger partial charge is 0.363 e. The van der Waals surface area contributed by atoms with Crippen LogP contribution < -0.4 is 5.32 Å². The Hall–Kier alpha value is -1.50. The summed E-state index contributed by atoms with van der Waals surface area (Å²) in [5.41, 5.74) is 4.95. The summed E-state index contributed by atoms with van der Waals surface area (Å²) in [6, 6.07) is 8.88. The molecule has 0 saturated carbocycles. The van der Waals surface area contributed by atoms with Crippen LogP contribution in [0.1, 0.15) is 49.7 Å². The maximum Gasteiger partial charge on any atom is 0.0238 e. The van der Waals surface area contributed by atoms with E-state index in [1.165, 1.54) is 11.1 Å². The molecule has 1 aromatic carbocycles. The highest BCUT2D eigenvalue weighted by Crippen LogP contribution is 2.33. The standard InChI is InChI=1S/C16H21N/c1-11(2)14-6-5-7-15(10-14)16-9-8-12(3)17-13(16)4/h5-7,10-11,16-17H,3-4,8-9H2,1-2H3. The third kappa shape index (κ3) is 2.60.